The van der Waals surface area contributed by atoms with Gasteiger partial charge in [0.05, 0.1) is 0 Å². The second-order valence-corrected chi connectivity index (χ2v) is 13.7. The lowest BCUT2D eigenvalue weighted by molar-refractivity contribution is 1.28. The van der Waals surface area contributed by atoms with Crippen molar-refractivity contribution >= 4 is 70.7 Å². The molecule has 9 aromatic rings. The van der Waals surface area contributed by atoms with Crippen molar-refractivity contribution in [2.24, 2.45) is 0 Å². The second kappa shape index (κ2) is 11.7. The van der Waals surface area contributed by atoms with Crippen molar-refractivity contribution < 1.29 is 0 Å². The number of hydrogen-bond acceptors (Lipinski definition) is 3. The Balaban J connectivity index is 1.10. The number of hydrogen-bond donors (Lipinski definition) is 0. The lowest BCUT2D eigenvalue weighted by atomic mass is 10.0. The summed E-state index contributed by atoms with van der Waals surface area (Å²) in [5, 5.41) is 9.68. The van der Waals surface area contributed by atoms with Gasteiger partial charge in [-0.3, -0.25) is 0 Å². The molecule has 0 atom stereocenters. The van der Waals surface area contributed by atoms with E-state index in [1.807, 2.05) is 0 Å². The van der Waals surface area contributed by atoms with Gasteiger partial charge in [0.15, 0.2) is 0 Å². The minimum Gasteiger partial charge on any atom is -0.311 e. The predicted molar refractivity (Wildman–Crippen MR) is 206 cm³/mol. The molecule has 222 valence electrons. The van der Waals surface area contributed by atoms with E-state index in [0.717, 1.165) is 17.1 Å². The Bertz CT molecular complexity index is 2380. The molecule has 0 spiro atoms. The van der Waals surface area contributed by atoms with Crippen LogP contribution in [-0.4, -0.2) is 0 Å². The SMILES string of the molecule is c1ccc2cc(-c3ccc(N(c4ccc(-c5csc6ccccc56)cc4)c4ccc(-c5csc6ccccc56)cc4)cc3)ccc2c1. The van der Waals surface area contributed by atoms with Crippen molar-refractivity contribution in [3.8, 4) is 33.4 Å². The molecule has 0 aliphatic heterocycles. The molecule has 0 amide bonds. The summed E-state index contributed by atoms with van der Waals surface area (Å²) in [5.41, 5.74) is 10.8. The van der Waals surface area contributed by atoms with Crippen molar-refractivity contribution in [2.75, 3.05) is 4.90 Å². The van der Waals surface area contributed by atoms with Crippen molar-refractivity contribution in [2.45, 2.75) is 0 Å². The van der Waals surface area contributed by atoms with Gasteiger partial charge in [0.2, 0.25) is 0 Å². The fourth-order valence-corrected chi connectivity index (χ4v) is 8.54. The summed E-state index contributed by atoms with van der Waals surface area (Å²) in [5.74, 6) is 0. The highest BCUT2D eigenvalue weighted by Crippen LogP contribution is 2.41. The number of rotatable bonds is 6. The van der Waals surface area contributed by atoms with Crippen LogP contribution in [0.1, 0.15) is 0 Å². The first-order chi connectivity index (χ1) is 23.3. The standard InChI is InChI=1S/C44H29NS2/c1-2-8-34-27-35(14-13-30(34)7-1)31-15-21-36(22-16-31)45(37-23-17-32(18-24-37)41-28-46-43-11-5-3-9-39(41)43)38-25-19-33(20-26-38)42-29-47-44-12-6-4-10-40(42)44/h1-29H. The number of thiophene rings is 2. The predicted octanol–water partition coefficient (Wildman–Crippen LogP) is 13.7. The van der Waals surface area contributed by atoms with Gasteiger partial charge in [0.25, 0.3) is 0 Å². The maximum absolute atomic E-state index is 2.36. The zero-order valence-electron chi connectivity index (χ0n) is 25.5. The fraction of sp³-hybridized carbons (Fsp3) is 0. The summed E-state index contributed by atoms with van der Waals surface area (Å²) in [6, 6.07) is 59.5. The molecule has 7 aromatic carbocycles. The maximum atomic E-state index is 2.36. The van der Waals surface area contributed by atoms with Gasteiger partial charge in [0.1, 0.15) is 0 Å². The molecule has 0 aliphatic carbocycles. The Labute approximate surface area is 282 Å². The zero-order valence-corrected chi connectivity index (χ0v) is 27.1. The van der Waals surface area contributed by atoms with Crippen molar-refractivity contribution in [3.63, 3.8) is 0 Å². The van der Waals surface area contributed by atoms with Crippen LogP contribution in [0.4, 0.5) is 17.1 Å². The molecule has 3 heteroatoms. The van der Waals surface area contributed by atoms with Gasteiger partial charge in [-0.25, -0.2) is 0 Å². The van der Waals surface area contributed by atoms with Crippen LogP contribution < -0.4 is 4.90 Å². The second-order valence-electron chi connectivity index (χ2n) is 11.8. The summed E-state index contributed by atoms with van der Waals surface area (Å²) >= 11 is 3.61. The van der Waals surface area contributed by atoms with Crippen LogP contribution in [0.3, 0.4) is 0 Å². The van der Waals surface area contributed by atoms with Crippen LogP contribution in [0.2, 0.25) is 0 Å². The molecule has 0 unspecified atom stereocenters. The third kappa shape index (κ3) is 5.11. The number of anilines is 3. The monoisotopic (exact) mass is 635 g/mol. The third-order valence-corrected chi connectivity index (χ3v) is 11.0. The average molecular weight is 636 g/mol. The largest absolute Gasteiger partial charge is 0.311 e. The minimum atomic E-state index is 1.12. The van der Waals surface area contributed by atoms with Crippen molar-refractivity contribution in [1.29, 1.82) is 0 Å². The van der Waals surface area contributed by atoms with Gasteiger partial charge in [-0.1, -0.05) is 109 Å². The Morgan fingerprint density at radius 1 is 0.340 bits per heavy atom. The topological polar surface area (TPSA) is 3.24 Å². The molecule has 0 radical (unpaired) electrons. The van der Waals surface area contributed by atoms with Crippen molar-refractivity contribution in [1.82, 2.24) is 0 Å². The normalized spacial score (nSPS) is 11.4. The minimum absolute atomic E-state index is 1.12. The van der Waals surface area contributed by atoms with Gasteiger partial charge in [0, 0.05) is 48.4 Å². The van der Waals surface area contributed by atoms with E-state index in [0.29, 0.717) is 0 Å². The molecule has 0 saturated heterocycles. The Morgan fingerprint density at radius 2 is 0.766 bits per heavy atom. The maximum Gasteiger partial charge on any atom is 0.0462 e. The number of nitrogens with zero attached hydrogens (tertiary/aromatic N) is 1. The molecule has 47 heavy (non-hydrogen) atoms. The van der Waals surface area contributed by atoms with Gasteiger partial charge < -0.3 is 4.90 Å². The van der Waals surface area contributed by atoms with E-state index in [1.54, 1.807) is 22.7 Å². The molecule has 0 fully saturated rings. The molecule has 2 heterocycles. The summed E-state index contributed by atoms with van der Waals surface area (Å²) in [4.78, 5) is 2.36. The highest BCUT2D eigenvalue weighted by molar-refractivity contribution is 7.18. The van der Waals surface area contributed by atoms with E-state index >= 15 is 0 Å². The van der Waals surface area contributed by atoms with E-state index in [4.69, 9.17) is 0 Å². The zero-order chi connectivity index (χ0) is 31.2. The first kappa shape index (κ1) is 27.8. The Kier molecular flexibility index (Phi) is 6.93. The van der Waals surface area contributed by atoms with Crippen LogP contribution in [0.5, 0.6) is 0 Å². The quantitative estimate of drug-likeness (QED) is 0.176. The lowest BCUT2D eigenvalue weighted by Gasteiger charge is -2.26. The molecule has 2 aromatic heterocycles. The van der Waals surface area contributed by atoms with Gasteiger partial charge in [-0.05, 0) is 98.4 Å². The van der Waals surface area contributed by atoms with Crippen LogP contribution in [0.15, 0.2) is 175 Å². The molecule has 0 saturated carbocycles. The summed E-state index contributed by atoms with van der Waals surface area (Å²) in [6.45, 7) is 0. The molecule has 0 bridgehead atoms. The summed E-state index contributed by atoms with van der Waals surface area (Å²) in [6.07, 6.45) is 0. The number of benzene rings is 7. The molecule has 9 rings (SSSR count). The van der Waals surface area contributed by atoms with Crippen LogP contribution in [0, 0.1) is 0 Å². The molecule has 0 N–H and O–H groups in total. The smallest absolute Gasteiger partial charge is 0.0462 e. The van der Waals surface area contributed by atoms with E-state index in [2.05, 4.69) is 179 Å². The highest BCUT2D eigenvalue weighted by atomic mass is 32.1. The summed E-state index contributed by atoms with van der Waals surface area (Å²) < 4.78 is 2.64. The van der Waals surface area contributed by atoms with Gasteiger partial charge in [-0.2, -0.15) is 0 Å². The summed E-state index contributed by atoms with van der Waals surface area (Å²) in [7, 11) is 0. The fourth-order valence-electron chi connectivity index (χ4n) is 6.60. The third-order valence-electron chi connectivity index (χ3n) is 9.04. The van der Waals surface area contributed by atoms with Gasteiger partial charge >= 0.3 is 0 Å². The molecular weight excluding hydrogens is 607 g/mol. The Morgan fingerprint density at radius 3 is 1.30 bits per heavy atom. The first-order valence-electron chi connectivity index (χ1n) is 15.8. The van der Waals surface area contributed by atoms with E-state index in [-0.39, 0.29) is 0 Å². The molecular formula is C44H29NS2. The lowest BCUT2D eigenvalue weighted by Crippen LogP contribution is -2.09. The van der Waals surface area contributed by atoms with E-state index in [1.165, 1.54) is 64.3 Å². The van der Waals surface area contributed by atoms with Crippen LogP contribution >= 0.6 is 22.7 Å². The number of fused-ring (bicyclic) bond motifs is 3. The van der Waals surface area contributed by atoms with Gasteiger partial charge in [-0.15, -0.1) is 22.7 Å². The highest BCUT2D eigenvalue weighted by Gasteiger charge is 2.15. The van der Waals surface area contributed by atoms with Crippen LogP contribution in [-0.2, 0) is 0 Å². The Hall–Kier alpha value is -5.48. The first-order valence-corrected chi connectivity index (χ1v) is 17.6. The molecule has 1 nitrogen and oxygen atoms in total. The van der Waals surface area contributed by atoms with E-state index < -0.39 is 0 Å². The van der Waals surface area contributed by atoms with Crippen molar-refractivity contribution in [3.05, 3.63) is 175 Å². The average Bonchev–Trinajstić information content (AvgIpc) is 3.78. The molecule has 0 aliphatic rings. The van der Waals surface area contributed by atoms with Crippen LogP contribution in [0.25, 0.3) is 64.3 Å². The van der Waals surface area contributed by atoms with E-state index in [9.17, 15) is 0 Å².